The number of hydrogen-bond acceptors (Lipinski definition) is 4. The van der Waals surface area contributed by atoms with Gasteiger partial charge in [-0.15, -0.1) is 12.4 Å². The zero-order chi connectivity index (χ0) is 14.5. The number of hydrogen-bond donors (Lipinski definition) is 3. The summed E-state index contributed by atoms with van der Waals surface area (Å²) >= 11 is 0. The van der Waals surface area contributed by atoms with Crippen LogP contribution in [0.4, 0.5) is 5.69 Å². The summed E-state index contributed by atoms with van der Waals surface area (Å²) in [4.78, 5) is 16.0. The number of anilines is 1. The van der Waals surface area contributed by atoms with E-state index in [2.05, 4.69) is 20.5 Å². The SMILES string of the molecule is CCCC(N)C(=O)Nc1ccc(-c2n[nH]c(C)n2)cc1.Cl. The number of amides is 1. The fourth-order valence-electron chi connectivity index (χ4n) is 1.85. The Labute approximate surface area is 129 Å². The first-order valence-electron chi connectivity index (χ1n) is 6.66. The van der Waals surface area contributed by atoms with Gasteiger partial charge in [-0.25, -0.2) is 4.98 Å². The Morgan fingerprint density at radius 2 is 2.05 bits per heavy atom. The number of carbonyl (C=O) groups is 1. The van der Waals surface area contributed by atoms with Crippen molar-refractivity contribution >= 4 is 24.0 Å². The second-order valence-corrected chi connectivity index (χ2v) is 4.71. The molecule has 1 amide bonds. The molecule has 1 aromatic heterocycles. The number of aromatic nitrogens is 3. The summed E-state index contributed by atoms with van der Waals surface area (Å²) in [5, 5.41) is 9.68. The van der Waals surface area contributed by atoms with Gasteiger partial charge in [-0.3, -0.25) is 9.89 Å². The maximum absolute atomic E-state index is 11.8. The van der Waals surface area contributed by atoms with Gasteiger partial charge in [0.1, 0.15) is 5.82 Å². The molecule has 0 aliphatic carbocycles. The Hall–Kier alpha value is -1.92. The van der Waals surface area contributed by atoms with Crippen LogP contribution in [0.2, 0.25) is 0 Å². The summed E-state index contributed by atoms with van der Waals surface area (Å²) < 4.78 is 0. The van der Waals surface area contributed by atoms with E-state index in [4.69, 9.17) is 5.73 Å². The van der Waals surface area contributed by atoms with Crippen molar-refractivity contribution in [2.24, 2.45) is 5.73 Å². The molecule has 21 heavy (non-hydrogen) atoms. The molecule has 1 unspecified atom stereocenters. The highest BCUT2D eigenvalue weighted by Crippen LogP contribution is 2.18. The first-order valence-corrected chi connectivity index (χ1v) is 6.66. The Morgan fingerprint density at radius 1 is 1.38 bits per heavy atom. The third kappa shape index (κ3) is 4.54. The van der Waals surface area contributed by atoms with Gasteiger partial charge in [0, 0.05) is 11.3 Å². The highest BCUT2D eigenvalue weighted by molar-refractivity contribution is 5.94. The fourth-order valence-corrected chi connectivity index (χ4v) is 1.85. The number of nitrogens with one attached hydrogen (secondary N) is 2. The summed E-state index contributed by atoms with van der Waals surface area (Å²) in [5.74, 6) is 1.25. The molecule has 7 heteroatoms. The third-order valence-electron chi connectivity index (χ3n) is 2.94. The van der Waals surface area contributed by atoms with Crippen molar-refractivity contribution in [3.05, 3.63) is 30.1 Å². The topological polar surface area (TPSA) is 96.7 Å². The highest BCUT2D eigenvalue weighted by Gasteiger charge is 2.12. The lowest BCUT2D eigenvalue weighted by molar-refractivity contribution is -0.117. The molecule has 0 fully saturated rings. The fraction of sp³-hybridized carbons (Fsp3) is 0.357. The minimum Gasteiger partial charge on any atom is -0.325 e. The van der Waals surface area contributed by atoms with Crippen molar-refractivity contribution < 1.29 is 4.79 Å². The molecule has 4 N–H and O–H groups in total. The number of benzene rings is 1. The molecule has 114 valence electrons. The molecule has 2 aromatic rings. The molecule has 0 saturated heterocycles. The number of halogens is 1. The van der Waals surface area contributed by atoms with Crippen molar-refractivity contribution in [1.82, 2.24) is 15.2 Å². The van der Waals surface area contributed by atoms with Gasteiger partial charge in [0.15, 0.2) is 5.82 Å². The summed E-state index contributed by atoms with van der Waals surface area (Å²) in [6, 6.07) is 6.90. The van der Waals surface area contributed by atoms with Gasteiger partial charge in [-0.1, -0.05) is 13.3 Å². The first kappa shape index (κ1) is 17.1. The van der Waals surface area contributed by atoms with Gasteiger partial charge >= 0.3 is 0 Å². The number of H-pyrrole nitrogens is 1. The number of nitrogens with zero attached hydrogens (tertiary/aromatic N) is 2. The molecule has 0 aliphatic rings. The predicted molar refractivity (Wildman–Crippen MR) is 85.3 cm³/mol. The van der Waals surface area contributed by atoms with Gasteiger partial charge in [0.05, 0.1) is 6.04 Å². The van der Waals surface area contributed by atoms with Gasteiger partial charge in [0.25, 0.3) is 0 Å². The van der Waals surface area contributed by atoms with E-state index in [0.717, 1.165) is 23.5 Å². The number of aromatic amines is 1. The van der Waals surface area contributed by atoms with E-state index >= 15 is 0 Å². The maximum atomic E-state index is 11.8. The molecule has 1 aromatic carbocycles. The largest absolute Gasteiger partial charge is 0.325 e. The first-order chi connectivity index (χ1) is 9.60. The Balaban J connectivity index is 0.00000220. The molecule has 1 heterocycles. The lowest BCUT2D eigenvalue weighted by Crippen LogP contribution is -2.35. The molecule has 1 atom stereocenters. The van der Waals surface area contributed by atoms with Crippen LogP contribution < -0.4 is 11.1 Å². The minimum atomic E-state index is -0.463. The van der Waals surface area contributed by atoms with Crippen LogP contribution in [-0.4, -0.2) is 27.1 Å². The summed E-state index contributed by atoms with van der Waals surface area (Å²) in [6.07, 6.45) is 1.57. The van der Waals surface area contributed by atoms with E-state index in [1.54, 1.807) is 0 Å². The van der Waals surface area contributed by atoms with Crippen LogP contribution in [0.25, 0.3) is 11.4 Å². The summed E-state index contributed by atoms with van der Waals surface area (Å²) in [5.41, 5.74) is 7.38. The molecule has 0 spiro atoms. The van der Waals surface area contributed by atoms with Crippen molar-refractivity contribution in [2.45, 2.75) is 32.7 Å². The molecule has 0 bridgehead atoms. The molecular formula is C14H20ClN5O. The van der Waals surface area contributed by atoms with Crippen molar-refractivity contribution in [1.29, 1.82) is 0 Å². The minimum absolute atomic E-state index is 0. The lowest BCUT2D eigenvalue weighted by Gasteiger charge is -2.11. The number of carbonyl (C=O) groups excluding carboxylic acids is 1. The van der Waals surface area contributed by atoms with Gasteiger partial charge < -0.3 is 11.1 Å². The van der Waals surface area contributed by atoms with E-state index in [1.165, 1.54) is 0 Å². The van der Waals surface area contributed by atoms with Crippen LogP contribution in [0.15, 0.2) is 24.3 Å². The zero-order valence-corrected chi connectivity index (χ0v) is 12.9. The molecule has 2 rings (SSSR count). The van der Waals surface area contributed by atoms with Crippen LogP contribution in [0, 0.1) is 6.92 Å². The van der Waals surface area contributed by atoms with Crippen molar-refractivity contribution in [2.75, 3.05) is 5.32 Å². The van der Waals surface area contributed by atoms with E-state index in [9.17, 15) is 4.79 Å². The number of rotatable bonds is 5. The smallest absolute Gasteiger partial charge is 0.241 e. The molecule has 0 saturated carbocycles. The predicted octanol–water partition coefficient (Wildman–Crippen LogP) is 2.27. The number of nitrogens with two attached hydrogens (primary N) is 1. The van der Waals surface area contributed by atoms with Gasteiger partial charge in [-0.2, -0.15) is 5.10 Å². The van der Waals surface area contributed by atoms with Crippen LogP contribution >= 0.6 is 12.4 Å². The van der Waals surface area contributed by atoms with Gasteiger partial charge in [-0.05, 0) is 37.6 Å². The lowest BCUT2D eigenvalue weighted by atomic mass is 10.1. The Morgan fingerprint density at radius 3 is 2.57 bits per heavy atom. The summed E-state index contributed by atoms with van der Waals surface area (Å²) in [6.45, 7) is 3.85. The Kier molecular flexibility index (Phi) is 6.33. The average molecular weight is 310 g/mol. The normalized spacial score (nSPS) is 11.6. The Bertz CT molecular complexity index is 581. The van der Waals surface area contributed by atoms with Gasteiger partial charge in [0.2, 0.25) is 5.91 Å². The molecule has 0 radical (unpaired) electrons. The molecule has 6 nitrogen and oxygen atoms in total. The van der Waals surface area contributed by atoms with E-state index in [-0.39, 0.29) is 18.3 Å². The quantitative estimate of drug-likeness (QED) is 0.789. The van der Waals surface area contributed by atoms with E-state index in [1.807, 2.05) is 38.1 Å². The highest BCUT2D eigenvalue weighted by atomic mass is 35.5. The van der Waals surface area contributed by atoms with Crippen molar-refractivity contribution in [3.63, 3.8) is 0 Å². The van der Waals surface area contributed by atoms with Crippen LogP contribution in [0.1, 0.15) is 25.6 Å². The molecule has 0 aliphatic heterocycles. The average Bonchev–Trinajstić information content (AvgIpc) is 2.86. The second-order valence-electron chi connectivity index (χ2n) is 4.71. The maximum Gasteiger partial charge on any atom is 0.241 e. The number of aryl methyl sites for hydroxylation is 1. The van der Waals surface area contributed by atoms with Crippen LogP contribution in [0.5, 0.6) is 0 Å². The molecular weight excluding hydrogens is 290 g/mol. The monoisotopic (exact) mass is 309 g/mol. The van der Waals surface area contributed by atoms with E-state index < -0.39 is 6.04 Å². The second kappa shape index (κ2) is 7.75. The zero-order valence-electron chi connectivity index (χ0n) is 12.1. The van der Waals surface area contributed by atoms with Crippen LogP contribution in [-0.2, 0) is 4.79 Å². The van der Waals surface area contributed by atoms with E-state index in [0.29, 0.717) is 12.2 Å². The third-order valence-corrected chi connectivity index (χ3v) is 2.94. The van der Waals surface area contributed by atoms with Crippen molar-refractivity contribution in [3.8, 4) is 11.4 Å². The summed E-state index contributed by atoms with van der Waals surface area (Å²) in [7, 11) is 0. The van der Waals surface area contributed by atoms with Crippen LogP contribution in [0.3, 0.4) is 0 Å². The standard InChI is InChI=1S/C14H19N5O.ClH/c1-3-4-12(15)14(20)17-11-7-5-10(6-8-11)13-16-9(2)18-19-13;/h5-8,12H,3-4,15H2,1-2H3,(H,17,20)(H,16,18,19);1H.